The summed E-state index contributed by atoms with van der Waals surface area (Å²) in [4.78, 5) is 28.5. The van der Waals surface area contributed by atoms with E-state index in [1.807, 2.05) is 20.8 Å². The van der Waals surface area contributed by atoms with Crippen LogP contribution in [0.2, 0.25) is 0 Å². The smallest absolute Gasteiger partial charge is 0.340 e. The molecule has 1 fully saturated rings. The third kappa shape index (κ3) is 3.72. The van der Waals surface area contributed by atoms with Crippen molar-refractivity contribution in [2.75, 3.05) is 0 Å². The number of aromatic nitrogens is 2. The van der Waals surface area contributed by atoms with Gasteiger partial charge in [0.25, 0.3) is 5.56 Å². The number of carbonyl (C=O) groups is 1. The zero-order valence-corrected chi connectivity index (χ0v) is 17.3. The molecule has 2 N–H and O–H groups in total. The van der Waals surface area contributed by atoms with Crippen LogP contribution >= 0.6 is 0 Å². The van der Waals surface area contributed by atoms with Crippen molar-refractivity contribution in [3.63, 3.8) is 0 Å². The van der Waals surface area contributed by atoms with E-state index in [0.717, 1.165) is 12.8 Å². The quantitative estimate of drug-likeness (QED) is 0.627. The highest BCUT2D eigenvalue weighted by atomic mass is 16.5. The average Bonchev–Trinajstić information content (AvgIpc) is 3.40. The summed E-state index contributed by atoms with van der Waals surface area (Å²) in [7, 11) is 1.64. The van der Waals surface area contributed by atoms with Crippen molar-refractivity contribution in [1.29, 1.82) is 0 Å². The SMILES string of the molecule is Cc1[nH]c2c(=O)n(C)cc(C#CC(C)(O)C3CC3)c2c1C(=O)OC(C)C(C)C. The maximum absolute atomic E-state index is 12.9. The van der Waals surface area contributed by atoms with E-state index in [4.69, 9.17) is 4.74 Å². The number of H-pyrrole nitrogens is 1. The van der Waals surface area contributed by atoms with E-state index in [2.05, 4.69) is 16.8 Å². The molecule has 2 aromatic rings. The number of esters is 1. The number of hydrogen-bond acceptors (Lipinski definition) is 4. The van der Waals surface area contributed by atoms with E-state index in [-0.39, 0.29) is 23.5 Å². The van der Waals surface area contributed by atoms with Gasteiger partial charge in [-0.25, -0.2) is 4.79 Å². The molecular formula is C22H28N2O4. The van der Waals surface area contributed by atoms with Gasteiger partial charge in [-0.15, -0.1) is 0 Å². The molecule has 6 heteroatoms. The number of fused-ring (bicyclic) bond motifs is 1. The lowest BCUT2D eigenvalue weighted by atomic mass is 10.00. The summed E-state index contributed by atoms with van der Waals surface area (Å²) in [5, 5.41) is 11.0. The zero-order chi connectivity index (χ0) is 20.8. The number of pyridine rings is 1. The molecule has 2 atom stereocenters. The number of hydrogen-bond donors (Lipinski definition) is 2. The van der Waals surface area contributed by atoms with Crippen LogP contribution in [0, 0.1) is 30.6 Å². The summed E-state index contributed by atoms with van der Waals surface area (Å²) in [6, 6.07) is 0. The molecule has 0 radical (unpaired) electrons. The average molecular weight is 384 g/mol. The van der Waals surface area contributed by atoms with Crippen molar-refractivity contribution in [1.82, 2.24) is 9.55 Å². The molecule has 0 amide bonds. The van der Waals surface area contributed by atoms with Crippen molar-refractivity contribution < 1.29 is 14.6 Å². The first-order chi connectivity index (χ1) is 13.0. The molecule has 2 aromatic heterocycles. The Bertz CT molecular complexity index is 1040. The summed E-state index contributed by atoms with van der Waals surface area (Å²) < 4.78 is 7.03. The molecule has 2 unspecified atom stereocenters. The van der Waals surface area contributed by atoms with Gasteiger partial charge in [0.15, 0.2) is 0 Å². The molecule has 0 aromatic carbocycles. The minimum absolute atomic E-state index is 0.173. The highest BCUT2D eigenvalue weighted by Crippen LogP contribution is 2.39. The van der Waals surface area contributed by atoms with E-state index in [1.54, 1.807) is 27.1 Å². The van der Waals surface area contributed by atoms with Gasteiger partial charge in [0, 0.05) is 24.3 Å². The topological polar surface area (TPSA) is 84.3 Å². The Balaban J connectivity index is 2.16. The van der Waals surface area contributed by atoms with Crippen LogP contribution in [0.4, 0.5) is 0 Å². The van der Waals surface area contributed by atoms with Gasteiger partial charge in [-0.3, -0.25) is 4.79 Å². The fourth-order valence-electron chi connectivity index (χ4n) is 3.20. The van der Waals surface area contributed by atoms with Gasteiger partial charge >= 0.3 is 5.97 Å². The monoisotopic (exact) mass is 384 g/mol. The van der Waals surface area contributed by atoms with Crippen LogP contribution in [0.3, 0.4) is 0 Å². The maximum atomic E-state index is 12.9. The molecule has 150 valence electrons. The predicted octanol–water partition coefficient (Wildman–Crippen LogP) is 2.89. The van der Waals surface area contributed by atoms with E-state index in [0.29, 0.717) is 27.7 Å². The van der Waals surface area contributed by atoms with E-state index < -0.39 is 11.6 Å². The van der Waals surface area contributed by atoms with Crippen molar-refractivity contribution in [2.24, 2.45) is 18.9 Å². The molecule has 0 spiro atoms. The number of aromatic amines is 1. The van der Waals surface area contributed by atoms with Gasteiger partial charge in [-0.2, -0.15) is 0 Å². The van der Waals surface area contributed by atoms with E-state index in [9.17, 15) is 14.7 Å². The summed E-state index contributed by atoms with van der Waals surface area (Å²) in [5.74, 6) is 5.82. The molecule has 0 aliphatic heterocycles. The number of rotatable bonds is 4. The first-order valence-corrected chi connectivity index (χ1v) is 9.71. The minimum Gasteiger partial charge on any atom is -0.459 e. The Hall–Kier alpha value is -2.52. The second kappa shape index (κ2) is 7.14. The predicted molar refractivity (Wildman–Crippen MR) is 108 cm³/mol. The number of nitrogens with zero attached hydrogens (tertiary/aromatic N) is 1. The number of ether oxygens (including phenoxy) is 1. The first-order valence-electron chi connectivity index (χ1n) is 9.71. The van der Waals surface area contributed by atoms with Gasteiger partial charge < -0.3 is 19.4 Å². The van der Waals surface area contributed by atoms with Crippen molar-refractivity contribution in [2.45, 2.75) is 59.2 Å². The number of nitrogens with one attached hydrogen (secondary N) is 1. The molecule has 2 heterocycles. The molecule has 1 aliphatic rings. The summed E-state index contributed by atoms with van der Waals surface area (Å²) in [6.07, 6.45) is 3.27. The molecule has 6 nitrogen and oxygen atoms in total. The lowest BCUT2D eigenvalue weighted by molar-refractivity contribution is 0.0239. The lowest BCUT2D eigenvalue weighted by Gasteiger charge is -2.17. The van der Waals surface area contributed by atoms with E-state index >= 15 is 0 Å². The third-order valence-electron chi connectivity index (χ3n) is 5.57. The summed E-state index contributed by atoms with van der Waals surface area (Å²) >= 11 is 0. The number of carbonyl (C=O) groups excluding carboxylic acids is 1. The van der Waals surface area contributed by atoms with Gasteiger partial charge in [-0.05, 0) is 45.4 Å². The summed E-state index contributed by atoms with van der Waals surface area (Å²) in [5.41, 5.74) is 0.410. The van der Waals surface area contributed by atoms with Gasteiger partial charge in [0.05, 0.1) is 11.1 Å². The van der Waals surface area contributed by atoms with Crippen molar-refractivity contribution >= 4 is 16.9 Å². The normalized spacial score (nSPS) is 17.1. The Kier molecular flexibility index (Phi) is 5.16. The number of aliphatic hydroxyl groups is 1. The van der Waals surface area contributed by atoms with Crippen molar-refractivity contribution in [3.05, 3.63) is 33.4 Å². The Morgan fingerprint density at radius 2 is 2.04 bits per heavy atom. The van der Waals surface area contributed by atoms with Gasteiger partial charge in [0.1, 0.15) is 17.2 Å². The fraction of sp³-hybridized carbons (Fsp3) is 0.545. The largest absolute Gasteiger partial charge is 0.459 e. The van der Waals surface area contributed by atoms with Crippen LogP contribution in [0.15, 0.2) is 11.0 Å². The van der Waals surface area contributed by atoms with Gasteiger partial charge in [0.2, 0.25) is 0 Å². The highest BCUT2D eigenvalue weighted by molar-refractivity contribution is 6.07. The van der Waals surface area contributed by atoms with Crippen molar-refractivity contribution in [3.8, 4) is 11.8 Å². The fourth-order valence-corrected chi connectivity index (χ4v) is 3.20. The zero-order valence-electron chi connectivity index (χ0n) is 17.3. The van der Waals surface area contributed by atoms with Crippen LogP contribution in [-0.4, -0.2) is 32.3 Å². The molecule has 0 bridgehead atoms. The molecule has 1 aliphatic carbocycles. The van der Waals surface area contributed by atoms with Crippen LogP contribution in [0.1, 0.15) is 62.2 Å². The summed E-state index contributed by atoms with van der Waals surface area (Å²) in [6.45, 7) is 9.25. The minimum atomic E-state index is -1.08. The molecule has 0 saturated heterocycles. The Morgan fingerprint density at radius 3 is 2.61 bits per heavy atom. The molecule has 3 rings (SSSR count). The van der Waals surface area contributed by atoms with Crippen LogP contribution in [-0.2, 0) is 11.8 Å². The molecular weight excluding hydrogens is 356 g/mol. The highest BCUT2D eigenvalue weighted by Gasteiger charge is 2.38. The van der Waals surface area contributed by atoms with E-state index in [1.165, 1.54) is 4.57 Å². The number of aryl methyl sites for hydroxylation is 2. The third-order valence-corrected chi connectivity index (χ3v) is 5.57. The lowest BCUT2D eigenvalue weighted by Crippen LogP contribution is -2.24. The second-order valence-corrected chi connectivity index (χ2v) is 8.36. The Morgan fingerprint density at radius 1 is 1.39 bits per heavy atom. The Labute approximate surface area is 164 Å². The van der Waals surface area contributed by atoms with Crippen LogP contribution < -0.4 is 5.56 Å². The maximum Gasteiger partial charge on any atom is 0.340 e. The molecule has 1 saturated carbocycles. The van der Waals surface area contributed by atoms with Gasteiger partial charge in [-0.1, -0.05) is 25.7 Å². The standard InChI is InChI=1S/C22H28N2O4/c1-12(2)14(4)28-21(26)17-13(3)23-19-18(17)15(11-24(6)20(19)25)9-10-22(5,27)16-7-8-16/h11-12,14,16,23,27H,7-8H2,1-6H3. The van der Waals surface area contributed by atoms with Crippen LogP contribution in [0.5, 0.6) is 0 Å². The van der Waals surface area contributed by atoms with Crippen LogP contribution in [0.25, 0.3) is 10.9 Å². The molecule has 28 heavy (non-hydrogen) atoms. The second-order valence-electron chi connectivity index (χ2n) is 8.36. The first kappa shape index (κ1) is 20.2.